The average molecular weight is 421 g/mol. The molecule has 0 aromatic heterocycles. The first-order chi connectivity index (χ1) is 15.1. The van der Waals surface area contributed by atoms with Crippen LogP contribution in [-0.4, -0.2) is 42.5 Å². The number of benzene rings is 2. The van der Waals surface area contributed by atoms with Gasteiger partial charge < -0.3 is 14.4 Å². The molecule has 0 spiro atoms. The van der Waals surface area contributed by atoms with Crippen LogP contribution < -0.4 is 10.1 Å². The summed E-state index contributed by atoms with van der Waals surface area (Å²) in [5, 5.41) is 2.85. The lowest BCUT2D eigenvalue weighted by molar-refractivity contribution is -0.153. The summed E-state index contributed by atoms with van der Waals surface area (Å²) < 4.78 is 10.7. The lowest BCUT2D eigenvalue weighted by atomic mass is 9.91. The van der Waals surface area contributed by atoms with E-state index in [0.717, 1.165) is 24.3 Å². The van der Waals surface area contributed by atoms with Crippen molar-refractivity contribution in [1.82, 2.24) is 10.2 Å². The van der Waals surface area contributed by atoms with Crippen LogP contribution in [0.4, 0.5) is 0 Å². The van der Waals surface area contributed by atoms with Crippen molar-refractivity contribution in [3.8, 4) is 5.75 Å². The summed E-state index contributed by atoms with van der Waals surface area (Å²) in [4.78, 5) is 32.5. The van der Waals surface area contributed by atoms with Crippen LogP contribution in [0.5, 0.6) is 5.75 Å². The number of hydrogen-bond acceptors (Lipinski definition) is 6. The molecule has 0 saturated carbocycles. The van der Waals surface area contributed by atoms with Crippen LogP contribution in [0.2, 0.25) is 0 Å². The molecule has 31 heavy (non-hydrogen) atoms. The van der Waals surface area contributed by atoms with Crippen molar-refractivity contribution in [1.29, 1.82) is 0 Å². The molecule has 0 fully saturated rings. The molecule has 0 aliphatic carbocycles. The number of guanidine groups is 1. The minimum atomic E-state index is -1.03. The van der Waals surface area contributed by atoms with Gasteiger partial charge in [-0.3, -0.25) is 14.9 Å². The lowest BCUT2D eigenvalue weighted by Gasteiger charge is -2.36. The lowest BCUT2D eigenvalue weighted by Crippen LogP contribution is -2.53. The molecule has 7 heteroatoms. The smallest absolute Gasteiger partial charge is 0.321 e. The van der Waals surface area contributed by atoms with Gasteiger partial charge in [0.2, 0.25) is 11.9 Å². The molecular formula is C24H27N3O4. The van der Waals surface area contributed by atoms with Gasteiger partial charge in [0, 0.05) is 13.1 Å². The third kappa shape index (κ3) is 4.40. The largest absolute Gasteiger partial charge is 0.494 e. The molecule has 7 nitrogen and oxygen atoms in total. The summed E-state index contributed by atoms with van der Waals surface area (Å²) in [5.74, 6) is -0.749. The van der Waals surface area contributed by atoms with E-state index in [-0.39, 0.29) is 12.5 Å². The number of nitrogens with zero attached hydrogens (tertiary/aromatic N) is 2. The van der Waals surface area contributed by atoms with Gasteiger partial charge in [-0.25, -0.2) is 4.99 Å². The molecule has 1 amide bonds. The highest BCUT2D eigenvalue weighted by molar-refractivity contribution is 6.08. The standard InChI is InChI=1S/C24H27N3O4/c1-3-30-19-11-9-17(10-12-19)21-20(23(29)31-4-2)22(28)26-24(25-21)27-14-13-16-7-5-6-8-18(16)15-27/h5-12,20-21H,3-4,13-15H2,1-2H3,(H,25,26,28)/t20-,21+/m1/s1. The van der Waals surface area contributed by atoms with Gasteiger partial charge in [0.05, 0.1) is 13.2 Å². The number of nitrogens with one attached hydrogen (secondary N) is 1. The van der Waals surface area contributed by atoms with Crippen LogP contribution in [0.15, 0.2) is 53.5 Å². The second-order valence-electron chi connectivity index (χ2n) is 7.56. The molecule has 2 aliphatic heterocycles. The van der Waals surface area contributed by atoms with E-state index < -0.39 is 17.9 Å². The van der Waals surface area contributed by atoms with E-state index in [1.54, 1.807) is 6.92 Å². The Morgan fingerprint density at radius 3 is 2.55 bits per heavy atom. The first-order valence-corrected chi connectivity index (χ1v) is 10.7. The number of aliphatic imine (C=N–C) groups is 1. The number of carbonyl (C=O) groups excluding carboxylic acids is 2. The van der Waals surface area contributed by atoms with E-state index in [2.05, 4.69) is 22.3 Å². The summed E-state index contributed by atoms with van der Waals surface area (Å²) >= 11 is 0. The van der Waals surface area contributed by atoms with E-state index in [0.29, 0.717) is 19.1 Å². The van der Waals surface area contributed by atoms with E-state index in [1.165, 1.54) is 11.1 Å². The van der Waals surface area contributed by atoms with Gasteiger partial charge in [0.25, 0.3) is 0 Å². The van der Waals surface area contributed by atoms with Crippen LogP contribution in [0.3, 0.4) is 0 Å². The molecule has 2 aromatic rings. The number of carbonyl (C=O) groups is 2. The highest BCUT2D eigenvalue weighted by Gasteiger charge is 2.42. The van der Waals surface area contributed by atoms with Crippen LogP contribution in [0.25, 0.3) is 0 Å². The topological polar surface area (TPSA) is 80.2 Å². The first-order valence-electron chi connectivity index (χ1n) is 10.7. The second-order valence-corrected chi connectivity index (χ2v) is 7.56. The average Bonchev–Trinajstić information content (AvgIpc) is 2.79. The Labute approximate surface area is 182 Å². The maximum Gasteiger partial charge on any atom is 0.321 e. The van der Waals surface area contributed by atoms with Crippen LogP contribution >= 0.6 is 0 Å². The highest BCUT2D eigenvalue weighted by atomic mass is 16.5. The summed E-state index contributed by atoms with van der Waals surface area (Å²) in [6.07, 6.45) is 0.875. The molecule has 0 saturated heterocycles. The second kappa shape index (κ2) is 9.20. The van der Waals surface area contributed by atoms with Crippen molar-refractivity contribution < 1.29 is 19.1 Å². The zero-order valence-corrected chi connectivity index (χ0v) is 17.8. The fourth-order valence-electron chi connectivity index (χ4n) is 4.07. The number of ether oxygens (including phenoxy) is 2. The molecule has 2 aliphatic rings. The van der Waals surface area contributed by atoms with Gasteiger partial charge in [-0.1, -0.05) is 36.4 Å². The van der Waals surface area contributed by atoms with Gasteiger partial charge in [0.15, 0.2) is 5.92 Å². The Bertz CT molecular complexity index is 987. The quantitative estimate of drug-likeness (QED) is 0.593. The fraction of sp³-hybridized carbons (Fsp3) is 0.375. The number of rotatable bonds is 5. The number of fused-ring (bicyclic) bond motifs is 1. The van der Waals surface area contributed by atoms with E-state index in [1.807, 2.05) is 43.3 Å². The summed E-state index contributed by atoms with van der Waals surface area (Å²) in [6, 6.07) is 15.0. The van der Waals surface area contributed by atoms with E-state index in [9.17, 15) is 9.59 Å². The van der Waals surface area contributed by atoms with Gasteiger partial charge in [0.1, 0.15) is 11.8 Å². The van der Waals surface area contributed by atoms with Gasteiger partial charge in [-0.05, 0) is 49.1 Å². The number of amides is 1. The number of hydrogen-bond donors (Lipinski definition) is 1. The van der Waals surface area contributed by atoms with E-state index in [4.69, 9.17) is 14.5 Å². The minimum absolute atomic E-state index is 0.206. The Morgan fingerprint density at radius 1 is 1.10 bits per heavy atom. The molecule has 4 rings (SSSR count). The summed E-state index contributed by atoms with van der Waals surface area (Å²) in [7, 11) is 0. The Kier molecular flexibility index (Phi) is 6.21. The number of esters is 1. The Balaban J connectivity index is 1.66. The Morgan fingerprint density at radius 2 is 1.84 bits per heavy atom. The molecule has 2 heterocycles. The molecule has 2 atom stereocenters. The third-order valence-corrected chi connectivity index (χ3v) is 5.60. The molecule has 0 unspecified atom stereocenters. The fourth-order valence-corrected chi connectivity index (χ4v) is 4.07. The highest BCUT2D eigenvalue weighted by Crippen LogP contribution is 2.32. The zero-order chi connectivity index (χ0) is 21.8. The van der Waals surface area contributed by atoms with E-state index >= 15 is 0 Å². The van der Waals surface area contributed by atoms with Gasteiger partial charge >= 0.3 is 5.97 Å². The van der Waals surface area contributed by atoms with Crippen molar-refractivity contribution >= 4 is 17.8 Å². The minimum Gasteiger partial charge on any atom is -0.494 e. The molecule has 162 valence electrons. The van der Waals surface area contributed by atoms with Crippen molar-refractivity contribution in [2.45, 2.75) is 32.9 Å². The molecule has 2 aromatic carbocycles. The molecular weight excluding hydrogens is 394 g/mol. The normalized spacial score (nSPS) is 20.4. The van der Waals surface area contributed by atoms with Crippen LogP contribution in [-0.2, 0) is 27.3 Å². The van der Waals surface area contributed by atoms with Crippen molar-refractivity contribution in [2.24, 2.45) is 10.9 Å². The SMILES string of the molecule is CCOC(=O)[C@H]1C(=O)NC(N2CCc3ccccc3C2)=N[C@H]1c1ccc(OCC)cc1. The van der Waals surface area contributed by atoms with Crippen molar-refractivity contribution in [2.75, 3.05) is 19.8 Å². The summed E-state index contributed by atoms with van der Waals surface area (Å²) in [5.41, 5.74) is 3.30. The maximum absolute atomic E-state index is 13.0. The maximum atomic E-state index is 13.0. The van der Waals surface area contributed by atoms with Gasteiger partial charge in [-0.15, -0.1) is 0 Å². The first kappa shape index (κ1) is 20.9. The van der Waals surface area contributed by atoms with Crippen molar-refractivity contribution in [3.05, 3.63) is 65.2 Å². The monoisotopic (exact) mass is 421 g/mol. The van der Waals surface area contributed by atoms with Crippen molar-refractivity contribution in [3.63, 3.8) is 0 Å². The third-order valence-electron chi connectivity index (χ3n) is 5.60. The predicted octanol–water partition coefficient (Wildman–Crippen LogP) is 2.85. The molecule has 0 bridgehead atoms. The van der Waals surface area contributed by atoms with Crippen LogP contribution in [0, 0.1) is 5.92 Å². The van der Waals surface area contributed by atoms with Gasteiger partial charge in [-0.2, -0.15) is 0 Å². The zero-order valence-electron chi connectivity index (χ0n) is 17.8. The predicted molar refractivity (Wildman–Crippen MR) is 117 cm³/mol. The van der Waals surface area contributed by atoms with Crippen LogP contribution in [0.1, 0.15) is 36.6 Å². The molecule has 0 radical (unpaired) electrons. The summed E-state index contributed by atoms with van der Waals surface area (Å²) in [6.45, 7) is 5.83. The molecule has 1 N–H and O–H groups in total. The Hall–Kier alpha value is -3.35.